The smallest absolute Gasteiger partial charge is 0.322 e. The number of ether oxygens (including phenoxy) is 1. The molecule has 0 aliphatic carbocycles. The molecule has 0 aliphatic heterocycles. The van der Waals surface area contributed by atoms with Crippen LogP contribution in [0.5, 0.6) is 0 Å². The van der Waals surface area contributed by atoms with Crippen LogP contribution in [-0.4, -0.2) is 24.1 Å². The molecule has 2 unspecified atom stereocenters. The van der Waals surface area contributed by atoms with Crippen LogP contribution >= 0.6 is 0 Å². The van der Waals surface area contributed by atoms with E-state index in [0.29, 0.717) is 5.89 Å². The van der Waals surface area contributed by atoms with E-state index in [1.54, 1.807) is 6.20 Å². The van der Waals surface area contributed by atoms with Crippen LogP contribution in [0.3, 0.4) is 0 Å². The molecule has 0 saturated carbocycles. The molecule has 1 N–H and O–H groups in total. The minimum absolute atomic E-state index is 0.111. The van der Waals surface area contributed by atoms with Gasteiger partial charge in [0.25, 0.3) is 0 Å². The van der Waals surface area contributed by atoms with E-state index in [4.69, 9.17) is 9.15 Å². The molecule has 0 spiro atoms. The molecule has 0 aliphatic rings. The van der Waals surface area contributed by atoms with Crippen LogP contribution in [0, 0.1) is 6.92 Å². The molecule has 1 rings (SSSR count). The fraction of sp³-hybridized carbons (Fsp3) is 0.692. The summed E-state index contributed by atoms with van der Waals surface area (Å²) < 4.78 is 10.2. The lowest BCUT2D eigenvalue weighted by Crippen LogP contribution is -2.39. The van der Waals surface area contributed by atoms with Gasteiger partial charge in [0.05, 0.1) is 19.3 Å². The Balaban J connectivity index is 2.61. The minimum atomic E-state index is -0.308. The zero-order valence-electron chi connectivity index (χ0n) is 11.5. The van der Waals surface area contributed by atoms with Crippen LogP contribution in [0.1, 0.15) is 50.8 Å². The molecule has 1 aromatic heterocycles. The summed E-state index contributed by atoms with van der Waals surface area (Å²) in [5.41, 5.74) is 0. The molecule has 0 radical (unpaired) electrons. The Hall–Kier alpha value is -1.36. The van der Waals surface area contributed by atoms with Gasteiger partial charge >= 0.3 is 5.97 Å². The van der Waals surface area contributed by atoms with Gasteiger partial charge in [0.1, 0.15) is 11.8 Å². The van der Waals surface area contributed by atoms with Gasteiger partial charge in [-0.05, 0) is 20.3 Å². The number of oxazole rings is 1. The molecular weight excluding hydrogens is 232 g/mol. The summed E-state index contributed by atoms with van der Waals surface area (Å²) in [5, 5.41) is 3.20. The summed E-state index contributed by atoms with van der Waals surface area (Å²) in [7, 11) is 1.41. The summed E-state index contributed by atoms with van der Waals surface area (Å²) >= 11 is 0. The summed E-state index contributed by atoms with van der Waals surface area (Å²) in [6, 6.07) is -0.420. The number of nitrogens with zero attached hydrogens (tertiary/aromatic N) is 1. The van der Waals surface area contributed by atoms with E-state index in [9.17, 15) is 4.79 Å². The fourth-order valence-corrected chi connectivity index (χ4v) is 1.77. The van der Waals surface area contributed by atoms with Gasteiger partial charge in [0.2, 0.25) is 5.89 Å². The van der Waals surface area contributed by atoms with E-state index >= 15 is 0 Å². The van der Waals surface area contributed by atoms with Crippen molar-refractivity contribution < 1.29 is 13.9 Å². The van der Waals surface area contributed by atoms with Gasteiger partial charge in [-0.3, -0.25) is 10.1 Å². The maximum atomic E-state index is 11.7. The number of nitrogens with one attached hydrogen (secondary N) is 1. The Labute approximate surface area is 108 Å². The third kappa shape index (κ3) is 4.14. The minimum Gasteiger partial charge on any atom is -0.468 e. The van der Waals surface area contributed by atoms with Gasteiger partial charge in [-0.25, -0.2) is 4.98 Å². The molecule has 0 amide bonds. The molecule has 1 aromatic rings. The monoisotopic (exact) mass is 254 g/mol. The zero-order chi connectivity index (χ0) is 13.5. The third-order valence-electron chi connectivity index (χ3n) is 2.79. The summed E-state index contributed by atoms with van der Waals surface area (Å²) in [6.07, 6.45) is 4.45. The number of aromatic nitrogens is 1. The Bertz CT molecular complexity index is 376. The SMILES string of the molecule is CCCCC(NC(C)c1ncc(C)o1)C(=O)OC. The van der Waals surface area contributed by atoms with E-state index in [-0.39, 0.29) is 18.1 Å². The number of hydrogen-bond donors (Lipinski definition) is 1. The van der Waals surface area contributed by atoms with Gasteiger partial charge in [-0.1, -0.05) is 19.8 Å². The molecular formula is C13H22N2O3. The predicted octanol–water partition coefficient (Wildman–Crippen LogP) is 2.37. The van der Waals surface area contributed by atoms with Gasteiger partial charge < -0.3 is 9.15 Å². The van der Waals surface area contributed by atoms with Crippen LogP contribution in [0.25, 0.3) is 0 Å². The van der Waals surface area contributed by atoms with E-state index in [2.05, 4.69) is 17.2 Å². The second-order valence-corrected chi connectivity index (χ2v) is 4.42. The van der Waals surface area contributed by atoms with Crippen molar-refractivity contribution in [3.8, 4) is 0 Å². The maximum absolute atomic E-state index is 11.7. The number of methoxy groups -OCH3 is 1. The highest BCUT2D eigenvalue weighted by Gasteiger charge is 2.22. The van der Waals surface area contributed by atoms with E-state index in [1.807, 2.05) is 13.8 Å². The number of rotatable bonds is 7. The molecule has 18 heavy (non-hydrogen) atoms. The molecule has 5 heteroatoms. The van der Waals surface area contributed by atoms with Crippen molar-refractivity contribution in [1.29, 1.82) is 0 Å². The number of carbonyl (C=O) groups excluding carboxylic acids is 1. The highest BCUT2D eigenvalue weighted by atomic mass is 16.5. The second-order valence-electron chi connectivity index (χ2n) is 4.42. The van der Waals surface area contributed by atoms with Crippen molar-refractivity contribution in [2.45, 2.75) is 52.1 Å². The average molecular weight is 254 g/mol. The van der Waals surface area contributed by atoms with Gasteiger partial charge in [-0.2, -0.15) is 0 Å². The normalized spacial score (nSPS) is 14.2. The third-order valence-corrected chi connectivity index (χ3v) is 2.79. The lowest BCUT2D eigenvalue weighted by atomic mass is 10.1. The first-order valence-electron chi connectivity index (χ1n) is 6.34. The highest BCUT2D eigenvalue weighted by Crippen LogP contribution is 2.14. The quantitative estimate of drug-likeness (QED) is 0.757. The Morgan fingerprint density at radius 2 is 2.33 bits per heavy atom. The van der Waals surface area contributed by atoms with Crippen molar-refractivity contribution in [2.75, 3.05) is 7.11 Å². The van der Waals surface area contributed by atoms with E-state index in [1.165, 1.54) is 7.11 Å². The number of carbonyl (C=O) groups is 1. The number of hydrogen-bond acceptors (Lipinski definition) is 5. The lowest BCUT2D eigenvalue weighted by Gasteiger charge is -2.19. The Morgan fingerprint density at radius 1 is 1.61 bits per heavy atom. The average Bonchev–Trinajstić information content (AvgIpc) is 2.80. The van der Waals surface area contributed by atoms with Gasteiger partial charge in [0, 0.05) is 0 Å². The predicted molar refractivity (Wildman–Crippen MR) is 68.1 cm³/mol. The molecule has 0 saturated heterocycles. The number of aryl methyl sites for hydroxylation is 1. The molecule has 5 nitrogen and oxygen atoms in total. The summed E-state index contributed by atoms with van der Waals surface area (Å²) in [6.45, 7) is 5.86. The maximum Gasteiger partial charge on any atom is 0.322 e. The fourth-order valence-electron chi connectivity index (χ4n) is 1.77. The van der Waals surface area contributed by atoms with Crippen molar-refractivity contribution in [3.63, 3.8) is 0 Å². The summed E-state index contributed by atoms with van der Waals surface area (Å²) in [5.74, 6) is 1.12. The van der Waals surface area contributed by atoms with Crippen molar-refractivity contribution in [3.05, 3.63) is 17.8 Å². The van der Waals surface area contributed by atoms with Gasteiger partial charge in [-0.15, -0.1) is 0 Å². The molecule has 2 atom stereocenters. The van der Waals surface area contributed by atoms with E-state index < -0.39 is 0 Å². The molecule has 0 bridgehead atoms. The number of unbranched alkanes of at least 4 members (excludes halogenated alkanes) is 1. The Morgan fingerprint density at radius 3 is 2.83 bits per heavy atom. The first-order valence-corrected chi connectivity index (χ1v) is 6.34. The number of esters is 1. The van der Waals surface area contributed by atoms with Gasteiger partial charge in [0.15, 0.2) is 0 Å². The van der Waals surface area contributed by atoms with Crippen LogP contribution in [0.15, 0.2) is 10.6 Å². The van der Waals surface area contributed by atoms with Crippen molar-refractivity contribution in [2.24, 2.45) is 0 Å². The van der Waals surface area contributed by atoms with Crippen LogP contribution in [0.4, 0.5) is 0 Å². The van der Waals surface area contributed by atoms with Crippen molar-refractivity contribution in [1.82, 2.24) is 10.3 Å². The zero-order valence-corrected chi connectivity index (χ0v) is 11.5. The molecule has 1 heterocycles. The van der Waals surface area contributed by atoms with Crippen LogP contribution < -0.4 is 5.32 Å². The van der Waals surface area contributed by atoms with E-state index in [0.717, 1.165) is 25.0 Å². The Kier molecular flexibility index (Phi) is 5.85. The molecule has 102 valence electrons. The lowest BCUT2D eigenvalue weighted by molar-refractivity contribution is -0.143. The highest BCUT2D eigenvalue weighted by molar-refractivity contribution is 5.75. The second kappa shape index (κ2) is 7.16. The molecule has 0 aromatic carbocycles. The van der Waals surface area contributed by atoms with Crippen LogP contribution in [0.2, 0.25) is 0 Å². The van der Waals surface area contributed by atoms with Crippen LogP contribution in [-0.2, 0) is 9.53 Å². The van der Waals surface area contributed by atoms with Crippen molar-refractivity contribution >= 4 is 5.97 Å². The first kappa shape index (κ1) is 14.7. The standard InChI is InChI=1S/C13H22N2O3/c1-5-6-7-11(13(16)17-4)15-10(3)12-14-8-9(2)18-12/h8,10-11,15H,5-7H2,1-4H3. The first-order chi connectivity index (χ1) is 8.58. The summed E-state index contributed by atoms with van der Waals surface area (Å²) in [4.78, 5) is 15.8. The topological polar surface area (TPSA) is 64.4 Å². The largest absolute Gasteiger partial charge is 0.468 e. The molecule has 0 fully saturated rings.